The molecule has 24 heavy (non-hydrogen) atoms. The fourth-order valence-corrected chi connectivity index (χ4v) is 3.56. The van der Waals surface area contributed by atoms with Crippen molar-refractivity contribution in [3.05, 3.63) is 72.3 Å². The SMILES string of the molecule is CN(C)Cc1cccc(-c2ccc3c(c2)c2ccccc2n3C)c1. The Morgan fingerprint density at radius 3 is 2.33 bits per heavy atom. The van der Waals surface area contributed by atoms with Crippen molar-refractivity contribution in [1.29, 1.82) is 0 Å². The Balaban J connectivity index is 1.88. The van der Waals surface area contributed by atoms with E-state index in [0.717, 1.165) is 6.54 Å². The van der Waals surface area contributed by atoms with E-state index in [1.807, 2.05) is 0 Å². The van der Waals surface area contributed by atoms with Crippen molar-refractivity contribution in [3.8, 4) is 11.1 Å². The third-order valence-corrected chi connectivity index (χ3v) is 4.67. The number of hydrogen-bond donors (Lipinski definition) is 0. The van der Waals surface area contributed by atoms with Crippen molar-refractivity contribution in [3.63, 3.8) is 0 Å². The molecule has 1 heterocycles. The summed E-state index contributed by atoms with van der Waals surface area (Å²) in [6, 6.07) is 24.3. The van der Waals surface area contributed by atoms with Crippen LogP contribution in [0.15, 0.2) is 66.7 Å². The smallest absolute Gasteiger partial charge is 0.0489 e. The van der Waals surface area contributed by atoms with Crippen molar-refractivity contribution in [2.24, 2.45) is 7.05 Å². The lowest BCUT2D eigenvalue weighted by molar-refractivity contribution is 0.402. The van der Waals surface area contributed by atoms with E-state index in [-0.39, 0.29) is 0 Å². The average molecular weight is 314 g/mol. The van der Waals surface area contributed by atoms with Gasteiger partial charge in [0.2, 0.25) is 0 Å². The summed E-state index contributed by atoms with van der Waals surface area (Å²) in [4.78, 5) is 2.20. The van der Waals surface area contributed by atoms with Crippen molar-refractivity contribution < 1.29 is 0 Å². The Bertz CT molecular complexity index is 1020. The predicted molar refractivity (Wildman–Crippen MR) is 103 cm³/mol. The van der Waals surface area contributed by atoms with Crippen LogP contribution in [0, 0.1) is 0 Å². The third kappa shape index (κ3) is 2.49. The summed E-state index contributed by atoms with van der Waals surface area (Å²) in [7, 11) is 6.35. The minimum Gasteiger partial charge on any atom is -0.344 e. The van der Waals surface area contributed by atoms with Gasteiger partial charge in [-0.1, -0.05) is 42.5 Å². The highest BCUT2D eigenvalue weighted by atomic mass is 15.0. The zero-order valence-corrected chi connectivity index (χ0v) is 14.5. The Hall–Kier alpha value is -2.58. The van der Waals surface area contributed by atoms with E-state index in [4.69, 9.17) is 0 Å². The van der Waals surface area contributed by atoms with Crippen LogP contribution in [0.4, 0.5) is 0 Å². The Morgan fingerprint density at radius 1 is 0.750 bits per heavy atom. The van der Waals surface area contributed by atoms with Crippen LogP contribution >= 0.6 is 0 Å². The highest BCUT2D eigenvalue weighted by molar-refractivity contribution is 6.09. The number of nitrogens with zero attached hydrogens (tertiary/aromatic N) is 2. The number of para-hydroxylation sites is 1. The van der Waals surface area contributed by atoms with Crippen LogP contribution in [-0.4, -0.2) is 23.6 Å². The first-order chi connectivity index (χ1) is 11.6. The zero-order chi connectivity index (χ0) is 16.7. The second kappa shape index (κ2) is 5.81. The lowest BCUT2D eigenvalue weighted by Crippen LogP contribution is -2.10. The number of aryl methyl sites for hydroxylation is 1. The predicted octanol–water partition coefficient (Wildman–Crippen LogP) is 5.06. The molecule has 3 aromatic carbocycles. The Morgan fingerprint density at radius 2 is 1.50 bits per heavy atom. The first-order valence-corrected chi connectivity index (χ1v) is 8.35. The molecule has 2 nitrogen and oxygen atoms in total. The molecule has 0 aliphatic heterocycles. The summed E-state index contributed by atoms with van der Waals surface area (Å²) in [5.41, 5.74) is 6.47. The molecule has 0 amide bonds. The highest BCUT2D eigenvalue weighted by Crippen LogP contribution is 2.32. The molecule has 4 aromatic rings. The van der Waals surface area contributed by atoms with Gasteiger partial charge in [0.05, 0.1) is 0 Å². The number of benzene rings is 3. The standard InChI is InChI=1S/C22H22N2/c1-23(2)15-16-7-6-8-17(13-16)18-11-12-22-20(14-18)19-9-4-5-10-21(19)24(22)3/h4-14H,15H2,1-3H3. The fraction of sp³-hybridized carbons (Fsp3) is 0.182. The van der Waals surface area contributed by atoms with Crippen LogP contribution < -0.4 is 0 Å². The lowest BCUT2D eigenvalue weighted by Gasteiger charge is -2.11. The summed E-state index contributed by atoms with van der Waals surface area (Å²) < 4.78 is 2.27. The molecular formula is C22H22N2. The van der Waals surface area contributed by atoms with Crippen molar-refractivity contribution in [1.82, 2.24) is 9.47 Å². The van der Waals surface area contributed by atoms with E-state index < -0.39 is 0 Å². The van der Waals surface area contributed by atoms with Gasteiger partial charge in [0.1, 0.15) is 0 Å². The average Bonchev–Trinajstić information content (AvgIpc) is 2.87. The van der Waals surface area contributed by atoms with Gasteiger partial charge >= 0.3 is 0 Å². The molecule has 0 N–H and O–H groups in total. The van der Waals surface area contributed by atoms with Crippen molar-refractivity contribution in [2.75, 3.05) is 14.1 Å². The number of fused-ring (bicyclic) bond motifs is 3. The molecule has 0 aliphatic carbocycles. The van der Waals surface area contributed by atoms with Crippen LogP contribution in [0.25, 0.3) is 32.9 Å². The van der Waals surface area contributed by atoms with Gasteiger partial charge in [-0.25, -0.2) is 0 Å². The van der Waals surface area contributed by atoms with E-state index in [1.54, 1.807) is 0 Å². The molecule has 0 atom stereocenters. The first-order valence-electron chi connectivity index (χ1n) is 8.35. The maximum atomic E-state index is 2.33. The maximum absolute atomic E-state index is 2.33. The molecule has 0 aliphatic rings. The van der Waals surface area contributed by atoms with Gasteiger partial charge in [-0.05, 0) is 55.1 Å². The molecule has 120 valence electrons. The highest BCUT2D eigenvalue weighted by Gasteiger charge is 2.09. The van der Waals surface area contributed by atoms with Gasteiger partial charge in [-0.3, -0.25) is 0 Å². The molecule has 0 fully saturated rings. The fourth-order valence-electron chi connectivity index (χ4n) is 3.56. The van der Waals surface area contributed by atoms with Gasteiger partial charge in [0.25, 0.3) is 0 Å². The molecule has 0 bridgehead atoms. The minimum atomic E-state index is 0.963. The summed E-state index contributed by atoms with van der Waals surface area (Å²) in [6.45, 7) is 0.963. The van der Waals surface area contributed by atoms with Gasteiger partial charge < -0.3 is 9.47 Å². The second-order valence-corrected chi connectivity index (χ2v) is 6.75. The largest absolute Gasteiger partial charge is 0.344 e. The van der Waals surface area contributed by atoms with E-state index in [1.165, 1.54) is 38.5 Å². The van der Waals surface area contributed by atoms with Crippen LogP contribution in [0.2, 0.25) is 0 Å². The monoisotopic (exact) mass is 314 g/mol. The van der Waals surface area contributed by atoms with E-state index in [9.17, 15) is 0 Å². The van der Waals surface area contributed by atoms with E-state index >= 15 is 0 Å². The molecule has 4 rings (SSSR count). The third-order valence-electron chi connectivity index (χ3n) is 4.67. The normalized spacial score (nSPS) is 11.7. The van der Waals surface area contributed by atoms with Gasteiger partial charge in [-0.2, -0.15) is 0 Å². The van der Waals surface area contributed by atoms with E-state index in [0.29, 0.717) is 0 Å². The molecule has 0 saturated carbocycles. The summed E-state index contributed by atoms with van der Waals surface area (Å²) in [6.07, 6.45) is 0. The molecular weight excluding hydrogens is 292 g/mol. The van der Waals surface area contributed by atoms with Gasteiger partial charge in [0.15, 0.2) is 0 Å². The molecule has 0 unspecified atom stereocenters. The molecule has 2 heteroatoms. The topological polar surface area (TPSA) is 8.17 Å². The van der Waals surface area contributed by atoms with Gasteiger partial charge in [-0.15, -0.1) is 0 Å². The van der Waals surface area contributed by atoms with E-state index in [2.05, 4.69) is 97.3 Å². The number of rotatable bonds is 3. The quantitative estimate of drug-likeness (QED) is 0.513. The Kier molecular flexibility index (Phi) is 3.62. The molecule has 0 spiro atoms. The lowest BCUT2D eigenvalue weighted by atomic mass is 10.0. The first kappa shape index (κ1) is 15.0. The minimum absolute atomic E-state index is 0.963. The molecule has 1 aromatic heterocycles. The maximum Gasteiger partial charge on any atom is 0.0489 e. The second-order valence-electron chi connectivity index (χ2n) is 6.75. The van der Waals surface area contributed by atoms with Crippen LogP contribution in [0.1, 0.15) is 5.56 Å². The van der Waals surface area contributed by atoms with Crippen LogP contribution in [0.3, 0.4) is 0 Å². The summed E-state index contributed by atoms with van der Waals surface area (Å²) in [5.74, 6) is 0. The molecule has 0 saturated heterocycles. The zero-order valence-electron chi connectivity index (χ0n) is 14.5. The van der Waals surface area contributed by atoms with Crippen molar-refractivity contribution >= 4 is 21.8 Å². The van der Waals surface area contributed by atoms with Crippen LogP contribution in [-0.2, 0) is 13.6 Å². The Labute approximate surface area is 142 Å². The number of aromatic nitrogens is 1. The summed E-state index contributed by atoms with van der Waals surface area (Å²) in [5, 5.41) is 2.64. The number of hydrogen-bond acceptors (Lipinski definition) is 1. The van der Waals surface area contributed by atoms with Gasteiger partial charge in [0, 0.05) is 35.4 Å². The molecule has 0 radical (unpaired) electrons. The van der Waals surface area contributed by atoms with Crippen LogP contribution in [0.5, 0.6) is 0 Å². The summed E-state index contributed by atoms with van der Waals surface area (Å²) >= 11 is 0. The van der Waals surface area contributed by atoms with Crippen molar-refractivity contribution in [2.45, 2.75) is 6.54 Å².